The minimum absolute atomic E-state index is 0.0658. The standard InChI is InChI=1S/C18H13N3O4/c1-25-14-5-3-10(7-19-14)9-2-4-13-11(6-9)15-12(18(23)24)8-20-16(15)17(22)21-13/h2-8,20H,1H3,(H,21,22)(H,23,24). The van der Waals surface area contributed by atoms with Crippen molar-refractivity contribution in [1.29, 1.82) is 0 Å². The first-order chi connectivity index (χ1) is 12.1. The summed E-state index contributed by atoms with van der Waals surface area (Å²) >= 11 is 0. The molecule has 3 aromatic heterocycles. The fourth-order valence-electron chi connectivity index (χ4n) is 2.95. The Morgan fingerprint density at radius 2 is 2.00 bits per heavy atom. The van der Waals surface area contributed by atoms with Crippen LogP contribution in [0.5, 0.6) is 5.88 Å². The molecule has 1 aromatic carbocycles. The van der Waals surface area contributed by atoms with Crippen LogP contribution in [0, 0.1) is 0 Å². The molecule has 0 aliphatic carbocycles. The molecule has 4 rings (SSSR count). The normalized spacial score (nSPS) is 11.1. The molecule has 0 aliphatic heterocycles. The van der Waals surface area contributed by atoms with Gasteiger partial charge in [0, 0.05) is 40.3 Å². The van der Waals surface area contributed by atoms with Gasteiger partial charge < -0.3 is 19.8 Å². The third-order valence-electron chi connectivity index (χ3n) is 4.15. The highest BCUT2D eigenvalue weighted by Crippen LogP contribution is 2.29. The van der Waals surface area contributed by atoms with Crippen LogP contribution in [0.2, 0.25) is 0 Å². The maximum Gasteiger partial charge on any atom is 0.337 e. The van der Waals surface area contributed by atoms with Gasteiger partial charge in [-0.25, -0.2) is 9.78 Å². The molecule has 0 saturated heterocycles. The average molecular weight is 335 g/mol. The first kappa shape index (κ1) is 14.9. The zero-order chi connectivity index (χ0) is 17.6. The number of aromatic nitrogens is 3. The highest BCUT2D eigenvalue weighted by atomic mass is 16.5. The van der Waals surface area contributed by atoms with E-state index >= 15 is 0 Å². The molecule has 0 spiro atoms. The molecule has 0 bridgehead atoms. The molecule has 0 aliphatic rings. The number of carboxylic acids is 1. The van der Waals surface area contributed by atoms with Crippen LogP contribution in [0.15, 0.2) is 47.5 Å². The largest absolute Gasteiger partial charge is 0.481 e. The Kier molecular flexibility index (Phi) is 3.28. The fraction of sp³-hybridized carbons (Fsp3) is 0.0556. The average Bonchev–Trinajstić information content (AvgIpc) is 3.08. The lowest BCUT2D eigenvalue weighted by atomic mass is 10.0. The summed E-state index contributed by atoms with van der Waals surface area (Å²) in [5.41, 5.74) is 2.24. The van der Waals surface area contributed by atoms with Crippen LogP contribution in [0.25, 0.3) is 32.9 Å². The van der Waals surface area contributed by atoms with Crippen LogP contribution < -0.4 is 10.3 Å². The minimum atomic E-state index is -1.09. The predicted molar refractivity (Wildman–Crippen MR) is 93.2 cm³/mol. The quantitative estimate of drug-likeness (QED) is 0.533. The number of ether oxygens (including phenoxy) is 1. The number of hydrogen-bond acceptors (Lipinski definition) is 4. The molecule has 3 heterocycles. The van der Waals surface area contributed by atoms with Gasteiger partial charge in [0.1, 0.15) is 5.52 Å². The van der Waals surface area contributed by atoms with E-state index in [9.17, 15) is 14.7 Å². The lowest BCUT2D eigenvalue weighted by molar-refractivity contribution is 0.0699. The van der Waals surface area contributed by atoms with Crippen LogP contribution in [0.4, 0.5) is 0 Å². The number of rotatable bonds is 3. The Morgan fingerprint density at radius 1 is 1.20 bits per heavy atom. The molecule has 0 unspecified atom stereocenters. The summed E-state index contributed by atoms with van der Waals surface area (Å²) in [5, 5.41) is 10.5. The summed E-state index contributed by atoms with van der Waals surface area (Å²) in [4.78, 5) is 33.4. The molecule has 124 valence electrons. The minimum Gasteiger partial charge on any atom is -0.481 e. The third-order valence-corrected chi connectivity index (χ3v) is 4.15. The van der Waals surface area contributed by atoms with Gasteiger partial charge in [-0.05, 0) is 23.8 Å². The Labute approximate surface area is 140 Å². The zero-order valence-electron chi connectivity index (χ0n) is 13.2. The third kappa shape index (κ3) is 2.33. The summed E-state index contributed by atoms with van der Waals surface area (Å²) in [5.74, 6) is -0.579. The second-order valence-electron chi connectivity index (χ2n) is 5.56. The number of nitrogens with zero attached hydrogens (tertiary/aromatic N) is 1. The summed E-state index contributed by atoms with van der Waals surface area (Å²) in [7, 11) is 1.55. The van der Waals surface area contributed by atoms with Crippen LogP contribution in [-0.2, 0) is 0 Å². The van der Waals surface area contributed by atoms with Crippen molar-refractivity contribution >= 4 is 27.8 Å². The molecule has 0 fully saturated rings. The molecule has 0 radical (unpaired) electrons. The molecular weight excluding hydrogens is 322 g/mol. The summed E-state index contributed by atoms with van der Waals surface area (Å²) in [6.45, 7) is 0. The van der Waals surface area contributed by atoms with Gasteiger partial charge in [0.15, 0.2) is 0 Å². The molecule has 0 atom stereocenters. The summed E-state index contributed by atoms with van der Waals surface area (Å²) in [6, 6.07) is 9.07. The van der Waals surface area contributed by atoms with Gasteiger partial charge in [-0.2, -0.15) is 0 Å². The monoisotopic (exact) mass is 335 g/mol. The van der Waals surface area contributed by atoms with Crippen LogP contribution >= 0.6 is 0 Å². The van der Waals surface area contributed by atoms with Gasteiger partial charge >= 0.3 is 5.97 Å². The number of carboxylic acid groups (broad SMARTS) is 1. The Balaban J connectivity index is 2.02. The van der Waals surface area contributed by atoms with Gasteiger partial charge in [-0.15, -0.1) is 0 Å². The number of pyridine rings is 2. The van der Waals surface area contributed by atoms with Crippen molar-refractivity contribution in [1.82, 2.24) is 15.0 Å². The Hall–Kier alpha value is -3.61. The molecule has 7 nitrogen and oxygen atoms in total. The van der Waals surface area contributed by atoms with E-state index in [-0.39, 0.29) is 16.6 Å². The molecule has 4 aromatic rings. The van der Waals surface area contributed by atoms with E-state index in [1.165, 1.54) is 6.20 Å². The smallest absolute Gasteiger partial charge is 0.337 e. The lowest BCUT2D eigenvalue weighted by Gasteiger charge is -2.06. The highest BCUT2D eigenvalue weighted by molar-refractivity contribution is 6.15. The molecule has 0 amide bonds. The van der Waals surface area contributed by atoms with E-state index in [0.29, 0.717) is 22.2 Å². The van der Waals surface area contributed by atoms with E-state index in [1.807, 2.05) is 18.2 Å². The van der Waals surface area contributed by atoms with Gasteiger partial charge in [-0.1, -0.05) is 6.07 Å². The van der Waals surface area contributed by atoms with Crippen molar-refractivity contribution in [2.45, 2.75) is 0 Å². The fourth-order valence-corrected chi connectivity index (χ4v) is 2.95. The van der Waals surface area contributed by atoms with Crippen molar-refractivity contribution in [2.75, 3.05) is 7.11 Å². The van der Waals surface area contributed by atoms with E-state index in [0.717, 1.165) is 11.1 Å². The van der Waals surface area contributed by atoms with E-state index < -0.39 is 5.97 Å². The van der Waals surface area contributed by atoms with Gasteiger partial charge in [0.25, 0.3) is 5.56 Å². The van der Waals surface area contributed by atoms with E-state index in [2.05, 4.69) is 15.0 Å². The first-order valence-corrected chi connectivity index (χ1v) is 7.49. The van der Waals surface area contributed by atoms with Crippen molar-refractivity contribution in [2.24, 2.45) is 0 Å². The number of aromatic amines is 2. The summed E-state index contributed by atoms with van der Waals surface area (Å²) in [6.07, 6.45) is 3.02. The topological polar surface area (TPSA) is 108 Å². The summed E-state index contributed by atoms with van der Waals surface area (Å²) < 4.78 is 5.06. The number of hydrogen-bond donors (Lipinski definition) is 3. The second-order valence-corrected chi connectivity index (χ2v) is 5.56. The van der Waals surface area contributed by atoms with Crippen LogP contribution in [0.1, 0.15) is 10.4 Å². The molecular formula is C18H13N3O4. The number of nitrogens with one attached hydrogen (secondary N) is 2. The van der Waals surface area contributed by atoms with Gasteiger partial charge in [-0.3, -0.25) is 4.79 Å². The number of H-pyrrole nitrogens is 2. The van der Waals surface area contributed by atoms with E-state index in [1.54, 1.807) is 25.4 Å². The van der Waals surface area contributed by atoms with Crippen molar-refractivity contribution < 1.29 is 14.6 Å². The SMILES string of the molecule is COc1ccc(-c2ccc3[nH]c(=O)c4[nH]cc(C(=O)O)c4c3c2)cn1. The number of aromatic carboxylic acids is 1. The molecule has 7 heteroatoms. The second kappa shape index (κ2) is 5.48. The lowest BCUT2D eigenvalue weighted by Crippen LogP contribution is -2.07. The Morgan fingerprint density at radius 3 is 2.68 bits per heavy atom. The number of carbonyl (C=O) groups is 1. The molecule has 0 saturated carbocycles. The molecule has 3 N–H and O–H groups in total. The van der Waals surface area contributed by atoms with Crippen LogP contribution in [0.3, 0.4) is 0 Å². The first-order valence-electron chi connectivity index (χ1n) is 7.49. The number of fused-ring (bicyclic) bond motifs is 3. The van der Waals surface area contributed by atoms with Gasteiger partial charge in [0.2, 0.25) is 5.88 Å². The number of benzene rings is 1. The zero-order valence-corrected chi connectivity index (χ0v) is 13.2. The Bertz CT molecular complexity index is 1170. The predicted octanol–water partition coefficient (Wildman–Crippen LogP) is 2.78. The van der Waals surface area contributed by atoms with Crippen molar-refractivity contribution in [3.8, 4) is 17.0 Å². The molecule has 25 heavy (non-hydrogen) atoms. The van der Waals surface area contributed by atoms with Crippen LogP contribution in [-0.4, -0.2) is 33.1 Å². The highest BCUT2D eigenvalue weighted by Gasteiger charge is 2.16. The number of methoxy groups -OCH3 is 1. The van der Waals surface area contributed by atoms with E-state index in [4.69, 9.17) is 4.74 Å². The maximum atomic E-state index is 12.2. The van der Waals surface area contributed by atoms with Crippen molar-refractivity contribution in [3.63, 3.8) is 0 Å². The maximum absolute atomic E-state index is 12.2. The van der Waals surface area contributed by atoms with Crippen molar-refractivity contribution in [3.05, 3.63) is 58.6 Å². The van der Waals surface area contributed by atoms with Gasteiger partial charge in [0.05, 0.1) is 12.7 Å².